The van der Waals surface area contributed by atoms with Gasteiger partial charge in [0.15, 0.2) is 0 Å². The van der Waals surface area contributed by atoms with Crippen LogP contribution in [0.1, 0.15) is 30.3 Å². The molecule has 3 aromatic heterocycles. The van der Waals surface area contributed by atoms with Gasteiger partial charge in [0.2, 0.25) is 5.91 Å². The lowest BCUT2D eigenvalue weighted by Gasteiger charge is -2.18. The predicted molar refractivity (Wildman–Crippen MR) is 88.5 cm³/mol. The zero-order valence-corrected chi connectivity index (χ0v) is 14.0. The van der Waals surface area contributed by atoms with Gasteiger partial charge < -0.3 is 9.88 Å². The Kier molecular flexibility index (Phi) is 3.82. The summed E-state index contributed by atoms with van der Waals surface area (Å²) in [5.74, 6) is -0.440. The number of aromatic amines is 1. The first-order valence-corrected chi connectivity index (χ1v) is 8.27. The third-order valence-corrected chi connectivity index (χ3v) is 4.67. The Hall–Kier alpha value is -2.71. The van der Waals surface area contributed by atoms with Crippen molar-refractivity contribution in [1.82, 2.24) is 24.8 Å². The molecule has 1 fully saturated rings. The minimum Gasteiger partial charge on any atom is -0.346 e. The molecule has 1 aliphatic rings. The number of halogens is 3. The molecule has 0 aliphatic carbocycles. The molecule has 1 N–H and O–H groups in total. The number of alkyl halides is 3. The zero-order valence-electron chi connectivity index (χ0n) is 14.0. The van der Waals surface area contributed by atoms with E-state index in [-0.39, 0.29) is 12.5 Å². The molecule has 1 atom stereocenters. The number of aromatic nitrogens is 4. The number of fused-ring (bicyclic) bond motifs is 3. The van der Waals surface area contributed by atoms with Gasteiger partial charge in [-0.15, -0.1) is 0 Å². The highest BCUT2D eigenvalue weighted by Crippen LogP contribution is 2.34. The minimum absolute atomic E-state index is 0.128. The molecule has 0 radical (unpaired) electrons. The molecule has 4 rings (SSSR count). The van der Waals surface area contributed by atoms with E-state index in [9.17, 15) is 18.0 Å². The fourth-order valence-corrected chi connectivity index (χ4v) is 3.57. The summed E-state index contributed by atoms with van der Waals surface area (Å²) in [6, 6.07) is 1.88. The van der Waals surface area contributed by atoms with Crippen molar-refractivity contribution in [2.75, 3.05) is 13.1 Å². The molecule has 0 aromatic carbocycles. The van der Waals surface area contributed by atoms with Gasteiger partial charge in [0.05, 0.1) is 17.4 Å². The fraction of sp³-hybridized carbons (Fsp3) is 0.412. The summed E-state index contributed by atoms with van der Waals surface area (Å²) in [5, 5.41) is 1.72. The molecule has 1 saturated heterocycles. The molecule has 4 heterocycles. The van der Waals surface area contributed by atoms with Gasteiger partial charge in [0.1, 0.15) is 17.9 Å². The average Bonchev–Trinajstić information content (AvgIpc) is 3.21. The fourth-order valence-electron chi connectivity index (χ4n) is 3.57. The number of nitrogens with zero attached hydrogens (tertiary/aromatic N) is 4. The van der Waals surface area contributed by atoms with E-state index in [0.717, 1.165) is 16.5 Å². The summed E-state index contributed by atoms with van der Waals surface area (Å²) < 4.78 is 37.5. The predicted octanol–water partition coefficient (Wildman–Crippen LogP) is 3.08. The van der Waals surface area contributed by atoms with Crippen molar-refractivity contribution in [3.63, 3.8) is 0 Å². The second-order valence-electron chi connectivity index (χ2n) is 6.53. The van der Waals surface area contributed by atoms with Crippen molar-refractivity contribution >= 4 is 27.8 Å². The Morgan fingerprint density at radius 1 is 1.38 bits per heavy atom. The van der Waals surface area contributed by atoms with E-state index < -0.39 is 18.5 Å². The van der Waals surface area contributed by atoms with E-state index >= 15 is 0 Å². The lowest BCUT2D eigenvalue weighted by Crippen LogP contribution is -2.32. The number of rotatable bonds is 2. The third kappa shape index (κ3) is 2.97. The Balaban J connectivity index is 1.71. The second-order valence-corrected chi connectivity index (χ2v) is 6.53. The third-order valence-electron chi connectivity index (χ3n) is 4.67. The molecule has 26 heavy (non-hydrogen) atoms. The Morgan fingerprint density at radius 3 is 2.96 bits per heavy atom. The Morgan fingerprint density at radius 2 is 2.19 bits per heavy atom. The van der Waals surface area contributed by atoms with Crippen LogP contribution in [-0.4, -0.2) is 50.0 Å². The SMILES string of the molecule is Cc1nc(C2CCN(C(=O)CC(F)(F)F)C2)c2c(cnc3[nH]ccc32)n1. The van der Waals surface area contributed by atoms with Crippen molar-refractivity contribution in [2.45, 2.75) is 31.9 Å². The van der Waals surface area contributed by atoms with Crippen LogP contribution in [0, 0.1) is 6.92 Å². The number of hydrogen-bond donors (Lipinski definition) is 1. The number of likely N-dealkylation sites (tertiary alicyclic amines) is 1. The molecule has 3 aromatic rings. The van der Waals surface area contributed by atoms with E-state index in [2.05, 4.69) is 19.9 Å². The highest BCUT2D eigenvalue weighted by Gasteiger charge is 2.37. The number of aryl methyl sites for hydroxylation is 1. The molecule has 0 saturated carbocycles. The van der Waals surface area contributed by atoms with Crippen molar-refractivity contribution in [2.24, 2.45) is 0 Å². The monoisotopic (exact) mass is 363 g/mol. The van der Waals surface area contributed by atoms with Gasteiger partial charge in [-0.2, -0.15) is 13.2 Å². The zero-order chi connectivity index (χ0) is 18.5. The molecule has 1 unspecified atom stereocenters. The van der Waals surface area contributed by atoms with Gasteiger partial charge >= 0.3 is 6.18 Å². The van der Waals surface area contributed by atoms with Crippen molar-refractivity contribution in [1.29, 1.82) is 0 Å². The number of carbonyl (C=O) groups excluding carboxylic acids is 1. The van der Waals surface area contributed by atoms with E-state index in [4.69, 9.17) is 0 Å². The first-order valence-electron chi connectivity index (χ1n) is 8.27. The van der Waals surface area contributed by atoms with Crippen LogP contribution < -0.4 is 0 Å². The normalized spacial score (nSPS) is 18.2. The highest BCUT2D eigenvalue weighted by molar-refractivity contribution is 6.04. The number of amides is 1. The molecule has 0 bridgehead atoms. The summed E-state index contributed by atoms with van der Waals surface area (Å²) in [5.41, 5.74) is 2.16. The summed E-state index contributed by atoms with van der Waals surface area (Å²) in [6.07, 6.45) is -1.91. The maximum absolute atomic E-state index is 12.5. The first-order chi connectivity index (χ1) is 12.3. The smallest absolute Gasteiger partial charge is 0.346 e. The van der Waals surface area contributed by atoms with Crippen LogP contribution in [0.25, 0.3) is 21.9 Å². The van der Waals surface area contributed by atoms with E-state index in [0.29, 0.717) is 30.0 Å². The van der Waals surface area contributed by atoms with E-state index in [1.165, 1.54) is 4.90 Å². The molecule has 9 heteroatoms. The number of hydrogen-bond acceptors (Lipinski definition) is 4. The summed E-state index contributed by atoms with van der Waals surface area (Å²) in [7, 11) is 0. The molecule has 136 valence electrons. The number of pyridine rings is 1. The van der Waals surface area contributed by atoms with Gasteiger partial charge in [-0.05, 0) is 19.4 Å². The van der Waals surface area contributed by atoms with E-state index in [1.54, 1.807) is 19.3 Å². The first kappa shape index (κ1) is 16.7. The number of H-pyrrole nitrogens is 1. The molecule has 6 nitrogen and oxygen atoms in total. The lowest BCUT2D eigenvalue weighted by molar-refractivity contribution is -0.160. The van der Waals surface area contributed by atoms with Crippen molar-refractivity contribution < 1.29 is 18.0 Å². The lowest BCUT2D eigenvalue weighted by atomic mass is 9.99. The quantitative estimate of drug-likeness (QED) is 0.759. The van der Waals surface area contributed by atoms with E-state index in [1.807, 2.05) is 6.07 Å². The van der Waals surface area contributed by atoms with Crippen LogP contribution in [-0.2, 0) is 4.79 Å². The standard InChI is InChI=1S/C17H16F3N5O/c1-9-23-12-7-22-16-11(2-4-21-16)14(12)15(24-9)10-3-5-25(8-10)13(26)6-17(18,19)20/h2,4,7,10H,3,5-6,8H2,1H3,(H,21,22). The van der Waals surface area contributed by atoms with Crippen molar-refractivity contribution in [3.05, 3.63) is 30.0 Å². The molecular formula is C17H16F3N5O. The van der Waals surface area contributed by atoms with Crippen LogP contribution in [0.4, 0.5) is 13.2 Å². The second kappa shape index (κ2) is 5.93. The summed E-state index contributed by atoms with van der Waals surface area (Å²) >= 11 is 0. The molecular weight excluding hydrogens is 347 g/mol. The Bertz CT molecular complexity index is 997. The van der Waals surface area contributed by atoms with Gasteiger partial charge in [-0.3, -0.25) is 4.79 Å². The van der Waals surface area contributed by atoms with Gasteiger partial charge in [-0.1, -0.05) is 0 Å². The highest BCUT2D eigenvalue weighted by atomic mass is 19.4. The largest absolute Gasteiger partial charge is 0.397 e. The van der Waals surface area contributed by atoms with Crippen LogP contribution in [0.5, 0.6) is 0 Å². The van der Waals surface area contributed by atoms with Crippen LogP contribution in [0.3, 0.4) is 0 Å². The number of carbonyl (C=O) groups is 1. The average molecular weight is 363 g/mol. The van der Waals surface area contributed by atoms with Crippen LogP contribution in [0.2, 0.25) is 0 Å². The number of nitrogens with one attached hydrogen (secondary N) is 1. The maximum atomic E-state index is 12.5. The minimum atomic E-state index is -4.49. The van der Waals surface area contributed by atoms with Gasteiger partial charge in [-0.25, -0.2) is 15.0 Å². The van der Waals surface area contributed by atoms with Crippen molar-refractivity contribution in [3.8, 4) is 0 Å². The topological polar surface area (TPSA) is 74.8 Å². The Labute approximate surface area is 146 Å². The summed E-state index contributed by atoms with van der Waals surface area (Å²) in [4.78, 5) is 29.5. The summed E-state index contributed by atoms with van der Waals surface area (Å²) in [6.45, 7) is 2.30. The molecule has 1 amide bonds. The molecule has 0 spiro atoms. The molecule has 1 aliphatic heterocycles. The van der Waals surface area contributed by atoms with Crippen LogP contribution >= 0.6 is 0 Å². The maximum Gasteiger partial charge on any atom is 0.397 e. The van der Waals surface area contributed by atoms with Crippen LogP contribution in [0.15, 0.2) is 18.5 Å². The van der Waals surface area contributed by atoms with Gasteiger partial charge in [0.25, 0.3) is 0 Å². The van der Waals surface area contributed by atoms with Gasteiger partial charge in [0, 0.05) is 36.0 Å².